The van der Waals surface area contributed by atoms with E-state index in [1.165, 1.54) is 0 Å². The van der Waals surface area contributed by atoms with Gasteiger partial charge in [0.1, 0.15) is 7.05 Å². The molecule has 1 heterocycles. The van der Waals surface area contributed by atoms with Crippen LogP contribution in [-0.2, 0) is 7.05 Å². The molecule has 2 aromatic carbocycles. The second kappa shape index (κ2) is 9.15. The van der Waals surface area contributed by atoms with Crippen LogP contribution in [0.3, 0.4) is 0 Å². The molecule has 0 unspecified atom stereocenters. The van der Waals surface area contributed by atoms with E-state index in [9.17, 15) is 0 Å². The minimum absolute atomic E-state index is 0.927. The second-order valence-electron chi connectivity index (χ2n) is 7.27. The van der Waals surface area contributed by atoms with Crippen molar-refractivity contribution in [3.8, 4) is 0 Å². The lowest BCUT2D eigenvalue weighted by atomic mass is 10.2. The SMILES string of the molecule is CN(C)c1ccc(N=Cc2cccc(C=Nc3ccc(N(C)C)cc3)[n+]2C)cc1. The molecule has 5 heteroatoms. The third kappa shape index (κ3) is 5.29. The van der Waals surface area contributed by atoms with E-state index < -0.39 is 0 Å². The zero-order valence-electron chi connectivity index (χ0n) is 17.7. The molecular formula is C24H28N5+. The molecule has 0 atom stereocenters. The third-order valence-corrected chi connectivity index (χ3v) is 4.73. The maximum absolute atomic E-state index is 4.61. The molecule has 3 aromatic rings. The van der Waals surface area contributed by atoms with Gasteiger partial charge in [-0.1, -0.05) is 0 Å². The Balaban J connectivity index is 1.76. The topological polar surface area (TPSA) is 35.1 Å². The Kier molecular flexibility index (Phi) is 6.39. The molecule has 3 rings (SSSR count). The zero-order valence-corrected chi connectivity index (χ0v) is 17.7. The largest absolute Gasteiger partial charge is 0.378 e. The number of hydrogen-bond acceptors (Lipinski definition) is 4. The van der Waals surface area contributed by atoms with Crippen LogP contribution in [0.15, 0.2) is 76.7 Å². The Bertz CT molecular complexity index is 921. The number of anilines is 2. The summed E-state index contributed by atoms with van der Waals surface area (Å²) in [5, 5.41) is 0. The van der Waals surface area contributed by atoms with Gasteiger partial charge in [0.15, 0.2) is 0 Å². The van der Waals surface area contributed by atoms with E-state index in [1.807, 2.05) is 90.1 Å². The minimum atomic E-state index is 0.927. The predicted octanol–water partition coefficient (Wildman–Crippen LogP) is 4.14. The van der Waals surface area contributed by atoms with Gasteiger partial charge >= 0.3 is 0 Å². The van der Waals surface area contributed by atoms with Crippen LogP contribution in [0.2, 0.25) is 0 Å². The molecule has 0 N–H and O–H groups in total. The summed E-state index contributed by atoms with van der Waals surface area (Å²) in [6, 6.07) is 22.5. The molecule has 0 fully saturated rings. The highest BCUT2D eigenvalue weighted by molar-refractivity contribution is 5.81. The first-order chi connectivity index (χ1) is 13.9. The fraction of sp³-hybridized carbons (Fsp3) is 0.208. The van der Waals surface area contributed by atoms with Gasteiger partial charge in [0.2, 0.25) is 11.4 Å². The molecular weight excluding hydrogens is 358 g/mol. The summed E-state index contributed by atoms with van der Waals surface area (Å²) >= 11 is 0. The van der Waals surface area contributed by atoms with Crippen LogP contribution < -0.4 is 14.4 Å². The first kappa shape index (κ1) is 20.3. The second-order valence-corrected chi connectivity index (χ2v) is 7.27. The van der Waals surface area contributed by atoms with Crippen LogP contribution in [0.1, 0.15) is 11.4 Å². The number of hydrogen-bond donors (Lipinski definition) is 0. The van der Waals surface area contributed by atoms with Crippen LogP contribution in [0.5, 0.6) is 0 Å². The fourth-order valence-corrected chi connectivity index (χ4v) is 2.83. The number of aliphatic imine (C=N–C) groups is 2. The Morgan fingerprint density at radius 2 is 1.00 bits per heavy atom. The van der Waals surface area contributed by atoms with Crippen molar-refractivity contribution in [3.63, 3.8) is 0 Å². The molecule has 0 radical (unpaired) electrons. The Labute approximate surface area is 173 Å². The highest BCUT2D eigenvalue weighted by Gasteiger charge is 2.08. The van der Waals surface area contributed by atoms with Gasteiger partial charge in [-0.3, -0.25) is 0 Å². The van der Waals surface area contributed by atoms with Gasteiger partial charge in [-0.2, -0.15) is 4.57 Å². The van der Waals surface area contributed by atoms with Gasteiger partial charge in [-0.05, 0) is 54.6 Å². The highest BCUT2D eigenvalue weighted by atomic mass is 15.1. The van der Waals surface area contributed by atoms with Crippen molar-refractivity contribution in [1.82, 2.24) is 0 Å². The number of benzene rings is 2. The average Bonchev–Trinajstić information content (AvgIpc) is 2.72. The first-order valence-electron chi connectivity index (χ1n) is 9.56. The van der Waals surface area contributed by atoms with E-state index in [1.54, 1.807) is 0 Å². The quantitative estimate of drug-likeness (QED) is 0.471. The van der Waals surface area contributed by atoms with Crippen molar-refractivity contribution >= 4 is 35.2 Å². The summed E-state index contributed by atoms with van der Waals surface area (Å²) in [6.07, 6.45) is 3.77. The van der Waals surface area contributed by atoms with Gasteiger partial charge in [0.25, 0.3) is 0 Å². The van der Waals surface area contributed by atoms with Gasteiger partial charge in [-0.15, -0.1) is 0 Å². The lowest BCUT2D eigenvalue weighted by Gasteiger charge is -2.11. The summed E-state index contributed by atoms with van der Waals surface area (Å²) in [5.74, 6) is 0. The van der Waals surface area contributed by atoms with E-state index in [0.29, 0.717) is 0 Å². The zero-order chi connectivity index (χ0) is 20.8. The average molecular weight is 387 g/mol. The monoisotopic (exact) mass is 386 g/mol. The lowest BCUT2D eigenvalue weighted by Crippen LogP contribution is -2.38. The van der Waals surface area contributed by atoms with E-state index in [4.69, 9.17) is 0 Å². The summed E-state index contributed by atoms with van der Waals surface area (Å²) in [4.78, 5) is 13.4. The predicted molar refractivity (Wildman–Crippen MR) is 124 cm³/mol. The minimum Gasteiger partial charge on any atom is -0.378 e. The number of aromatic nitrogens is 1. The number of nitrogens with zero attached hydrogens (tertiary/aromatic N) is 5. The van der Waals surface area contributed by atoms with Crippen molar-refractivity contribution in [2.75, 3.05) is 38.0 Å². The molecule has 0 saturated carbocycles. The smallest absolute Gasteiger partial charge is 0.223 e. The molecule has 0 bridgehead atoms. The van der Waals surface area contributed by atoms with Gasteiger partial charge < -0.3 is 9.80 Å². The standard InChI is InChI=1S/C24H28N5/c1-27(2)21-13-9-19(10-14-21)25-17-23-7-6-8-24(29(23)5)18-26-20-11-15-22(16-12-20)28(3)4/h6-18H,1-5H3/q+1. The molecule has 0 saturated heterocycles. The van der Waals surface area contributed by atoms with Crippen molar-refractivity contribution in [3.05, 3.63) is 78.1 Å². The van der Waals surface area contributed by atoms with Crippen LogP contribution in [0.4, 0.5) is 22.7 Å². The van der Waals surface area contributed by atoms with E-state index in [0.717, 1.165) is 34.1 Å². The van der Waals surface area contributed by atoms with E-state index in [-0.39, 0.29) is 0 Å². The van der Waals surface area contributed by atoms with Gasteiger partial charge in [0, 0.05) is 51.7 Å². The van der Waals surface area contributed by atoms with E-state index in [2.05, 4.69) is 48.6 Å². The molecule has 29 heavy (non-hydrogen) atoms. The Hall–Kier alpha value is -3.47. The van der Waals surface area contributed by atoms with Crippen molar-refractivity contribution in [2.24, 2.45) is 17.0 Å². The number of pyridine rings is 1. The maximum Gasteiger partial charge on any atom is 0.223 e. The Morgan fingerprint density at radius 1 is 0.621 bits per heavy atom. The summed E-state index contributed by atoms with van der Waals surface area (Å²) in [7, 11) is 10.1. The Morgan fingerprint density at radius 3 is 1.34 bits per heavy atom. The molecule has 0 aliphatic rings. The molecule has 1 aromatic heterocycles. The van der Waals surface area contributed by atoms with Crippen LogP contribution in [0.25, 0.3) is 0 Å². The third-order valence-electron chi connectivity index (χ3n) is 4.73. The fourth-order valence-electron chi connectivity index (χ4n) is 2.83. The van der Waals surface area contributed by atoms with Crippen molar-refractivity contribution in [2.45, 2.75) is 0 Å². The molecule has 0 spiro atoms. The van der Waals surface area contributed by atoms with Gasteiger partial charge in [-0.25, -0.2) is 9.98 Å². The normalized spacial score (nSPS) is 11.3. The molecule has 0 amide bonds. The molecule has 0 aliphatic heterocycles. The lowest BCUT2D eigenvalue weighted by molar-refractivity contribution is -0.673. The highest BCUT2D eigenvalue weighted by Crippen LogP contribution is 2.19. The van der Waals surface area contributed by atoms with Crippen LogP contribution in [0, 0.1) is 0 Å². The molecule has 0 aliphatic carbocycles. The van der Waals surface area contributed by atoms with Crippen LogP contribution >= 0.6 is 0 Å². The van der Waals surface area contributed by atoms with E-state index >= 15 is 0 Å². The van der Waals surface area contributed by atoms with Crippen molar-refractivity contribution < 1.29 is 4.57 Å². The summed E-state index contributed by atoms with van der Waals surface area (Å²) < 4.78 is 2.08. The maximum atomic E-state index is 4.61. The summed E-state index contributed by atoms with van der Waals surface area (Å²) in [6.45, 7) is 0. The molecule has 148 valence electrons. The number of rotatable bonds is 6. The summed E-state index contributed by atoms with van der Waals surface area (Å²) in [5.41, 5.74) is 6.19. The van der Waals surface area contributed by atoms with Gasteiger partial charge in [0.05, 0.1) is 23.8 Å². The van der Waals surface area contributed by atoms with Crippen LogP contribution in [-0.4, -0.2) is 40.6 Å². The van der Waals surface area contributed by atoms with Crippen molar-refractivity contribution in [1.29, 1.82) is 0 Å². The first-order valence-corrected chi connectivity index (χ1v) is 9.56. The molecule has 5 nitrogen and oxygen atoms in total.